The van der Waals surface area contributed by atoms with Crippen LogP contribution in [0.2, 0.25) is 0 Å². The topological polar surface area (TPSA) is 36.4 Å². The first-order valence-corrected chi connectivity index (χ1v) is 10.1. The quantitative estimate of drug-likeness (QED) is 0.856. The molecule has 122 valence electrons. The standard InChI is InChI=1S/C17H21N3OS2/c21-16(20-8-7-19-6-2-1-4-14(19)11-20)10-13-12-23-17(18-13)15-5-3-9-22-15/h3,5,9,12,14H,1-2,4,6-8,10-11H2/t14-/m1/s1. The molecule has 0 N–H and O–H groups in total. The van der Waals surface area contributed by atoms with E-state index in [2.05, 4.69) is 26.2 Å². The van der Waals surface area contributed by atoms with Crippen molar-refractivity contribution in [2.75, 3.05) is 26.2 Å². The average Bonchev–Trinajstić information content (AvgIpc) is 3.25. The van der Waals surface area contributed by atoms with E-state index in [-0.39, 0.29) is 5.91 Å². The van der Waals surface area contributed by atoms with Gasteiger partial charge in [0, 0.05) is 31.1 Å². The van der Waals surface area contributed by atoms with Gasteiger partial charge >= 0.3 is 0 Å². The summed E-state index contributed by atoms with van der Waals surface area (Å²) in [7, 11) is 0. The van der Waals surface area contributed by atoms with E-state index in [0.717, 1.165) is 30.3 Å². The predicted molar refractivity (Wildman–Crippen MR) is 94.9 cm³/mol. The van der Waals surface area contributed by atoms with Gasteiger partial charge in [-0.3, -0.25) is 9.69 Å². The summed E-state index contributed by atoms with van der Waals surface area (Å²) in [6.07, 6.45) is 4.30. The van der Waals surface area contributed by atoms with Crippen molar-refractivity contribution in [1.82, 2.24) is 14.8 Å². The second-order valence-corrected chi connectivity index (χ2v) is 8.13. The summed E-state index contributed by atoms with van der Waals surface area (Å²) >= 11 is 3.33. The zero-order valence-corrected chi connectivity index (χ0v) is 14.7. The van der Waals surface area contributed by atoms with Crippen LogP contribution >= 0.6 is 22.7 Å². The van der Waals surface area contributed by atoms with Crippen molar-refractivity contribution >= 4 is 28.6 Å². The Hall–Kier alpha value is -1.24. The summed E-state index contributed by atoms with van der Waals surface area (Å²) in [6.45, 7) is 4.02. The molecule has 4 rings (SSSR count). The highest BCUT2D eigenvalue weighted by Crippen LogP contribution is 2.28. The van der Waals surface area contributed by atoms with Crippen molar-refractivity contribution in [3.8, 4) is 9.88 Å². The molecule has 0 saturated carbocycles. The number of thiazole rings is 1. The lowest BCUT2D eigenvalue weighted by Gasteiger charge is -2.44. The van der Waals surface area contributed by atoms with Crippen molar-refractivity contribution < 1.29 is 4.79 Å². The number of hydrogen-bond acceptors (Lipinski definition) is 5. The van der Waals surface area contributed by atoms with Crippen LogP contribution in [0.3, 0.4) is 0 Å². The number of amides is 1. The Morgan fingerprint density at radius 3 is 3.09 bits per heavy atom. The molecule has 2 fully saturated rings. The summed E-state index contributed by atoms with van der Waals surface area (Å²) in [5.41, 5.74) is 0.912. The van der Waals surface area contributed by atoms with E-state index in [1.54, 1.807) is 22.7 Å². The molecule has 2 aliphatic heterocycles. The van der Waals surface area contributed by atoms with Gasteiger partial charge in [0.15, 0.2) is 0 Å². The molecule has 0 aliphatic carbocycles. The Morgan fingerprint density at radius 2 is 2.22 bits per heavy atom. The van der Waals surface area contributed by atoms with Crippen LogP contribution < -0.4 is 0 Å². The SMILES string of the molecule is O=C(Cc1csc(-c2cccs2)n1)N1CCN2CCCC[C@@H]2C1. The summed E-state index contributed by atoms with van der Waals surface area (Å²) in [5, 5.41) is 5.12. The fraction of sp³-hybridized carbons (Fsp3) is 0.529. The van der Waals surface area contributed by atoms with Gasteiger partial charge < -0.3 is 4.90 Å². The number of thiophene rings is 1. The molecule has 2 saturated heterocycles. The van der Waals surface area contributed by atoms with Gasteiger partial charge in [0.1, 0.15) is 5.01 Å². The number of hydrogen-bond donors (Lipinski definition) is 0. The molecule has 4 nitrogen and oxygen atoms in total. The van der Waals surface area contributed by atoms with Gasteiger partial charge in [0.05, 0.1) is 17.0 Å². The maximum absolute atomic E-state index is 12.6. The summed E-state index contributed by atoms with van der Waals surface area (Å²) < 4.78 is 0. The van der Waals surface area contributed by atoms with Crippen LogP contribution in [0, 0.1) is 0 Å². The van der Waals surface area contributed by atoms with E-state index < -0.39 is 0 Å². The largest absolute Gasteiger partial charge is 0.340 e. The maximum Gasteiger partial charge on any atom is 0.228 e. The van der Waals surface area contributed by atoms with E-state index >= 15 is 0 Å². The minimum Gasteiger partial charge on any atom is -0.340 e. The molecule has 1 amide bonds. The zero-order chi connectivity index (χ0) is 15.6. The molecule has 6 heteroatoms. The molecule has 0 bridgehead atoms. The highest BCUT2D eigenvalue weighted by molar-refractivity contribution is 7.20. The van der Waals surface area contributed by atoms with Crippen LogP contribution in [0.25, 0.3) is 9.88 Å². The van der Waals surface area contributed by atoms with Gasteiger partial charge in [-0.15, -0.1) is 22.7 Å². The van der Waals surface area contributed by atoms with E-state index in [1.165, 1.54) is 30.7 Å². The van der Waals surface area contributed by atoms with Gasteiger partial charge in [-0.2, -0.15) is 0 Å². The molecule has 0 radical (unpaired) electrons. The number of piperazine rings is 1. The van der Waals surface area contributed by atoms with E-state index in [9.17, 15) is 4.79 Å². The van der Waals surface area contributed by atoms with Crippen molar-refractivity contribution in [1.29, 1.82) is 0 Å². The Bertz CT molecular complexity index is 667. The van der Waals surface area contributed by atoms with Gasteiger partial charge in [0.2, 0.25) is 5.91 Å². The van der Waals surface area contributed by atoms with Gasteiger partial charge in [-0.25, -0.2) is 4.98 Å². The molecule has 2 aliphatic rings. The Labute approximate surface area is 144 Å². The summed E-state index contributed by atoms with van der Waals surface area (Å²) in [5.74, 6) is 0.234. The van der Waals surface area contributed by atoms with E-state index in [1.807, 2.05) is 11.4 Å². The average molecular weight is 348 g/mol. The predicted octanol–water partition coefficient (Wildman–Crippen LogP) is 3.11. The molecule has 23 heavy (non-hydrogen) atoms. The number of nitrogens with zero attached hydrogens (tertiary/aromatic N) is 3. The number of fused-ring (bicyclic) bond motifs is 1. The van der Waals surface area contributed by atoms with Crippen LogP contribution in [0.15, 0.2) is 22.9 Å². The molecule has 1 atom stereocenters. The molecular formula is C17H21N3OS2. The van der Waals surface area contributed by atoms with Crippen molar-refractivity contribution in [2.24, 2.45) is 0 Å². The first-order valence-electron chi connectivity index (χ1n) is 8.30. The first kappa shape index (κ1) is 15.3. The fourth-order valence-corrected chi connectivity index (χ4v) is 5.18. The number of rotatable bonds is 3. The highest BCUT2D eigenvalue weighted by atomic mass is 32.1. The van der Waals surface area contributed by atoms with Crippen molar-refractivity contribution in [3.05, 3.63) is 28.6 Å². The van der Waals surface area contributed by atoms with Gasteiger partial charge in [0.25, 0.3) is 0 Å². The maximum atomic E-state index is 12.6. The van der Waals surface area contributed by atoms with Gasteiger partial charge in [-0.05, 0) is 30.8 Å². The van der Waals surface area contributed by atoms with Crippen LogP contribution in [0.5, 0.6) is 0 Å². The molecule has 0 unspecified atom stereocenters. The molecule has 2 aromatic heterocycles. The normalized spacial score (nSPS) is 22.1. The second-order valence-electron chi connectivity index (χ2n) is 6.32. The monoisotopic (exact) mass is 347 g/mol. The molecule has 0 aromatic carbocycles. The van der Waals surface area contributed by atoms with Crippen LogP contribution in [-0.2, 0) is 11.2 Å². The lowest BCUT2D eigenvalue weighted by molar-refractivity contribution is -0.134. The lowest BCUT2D eigenvalue weighted by atomic mass is 9.99. The molecular weight excluding hydrogens is 326 g/mol. The number of carbonyl (C=O) groups is 1. The van der Waals surface area contributed by atoms with Crippen LogP contribution in [0.4, 0.5) is 0 Å². The van der Waals surface area contributed by atoms with Crippen LogP contribution in [-0.4, -0.2) is 52.9 Å². The third-order valence-corrected chi connectivity index (χ3v) is 6.74. The minimum atomic E-state index is 0.234. The fourth-order valence-electron chi connectivity index (χ4n) is 3.55. The zero-order valence-electron chi connectivity index (χ0n) is 13.1. The van der Waals surface area contributed by atoms with Crippen molar-refractivity contribution in [3.63, 3.8) is 0 Å². The van der Waals surface area contributed by atoms with Crippen LogP contribution in [0.1, 0.15) is 25.0 Å². The van der Waals surface area contributed by atoms with Gasteiger partial charge in [-0.1, -0.05) is 12.5 Å². The number of aromatic nitrogens is 1. The molecule has 2 aromatic rings. The Morgan fingerprint density at radius 1 is 1.26 bits per heavy atom. The first-order chi connectivity index (χ1) is 11.3. The lowest BCUT2D eigenvalue weighted by Crippen LogP contribution is -2.56. The second kappa shape index (κ2) is 6.71. The van der Waals surface area contributed by atoms with E-state index in [0.29, 0.717) is 12.5 Å². The smallest absolute Gasteiger partial charge is 0.228 e. The Balaban J connectivity index is 1.38. The highest BCUT2D eigenvalue weighted by Gasteiger charge is 2.31. The molecule has 0 spiro atoms. The molecule has 4 heterocycles. The summed E-state index contributed by atoms with van der Waals surface area (Å²) in [4.78, 5) is 23.0. The van der Waals surface area contributed by atoms with Crippen molar-refractivity contribution in [2.45, 2.75) is 31.7 Å². The number of piperidine rings is 1. The third kappa shape index (κ3) is 3.34. The summed E-state index contributed by atoms with van der Waals surface area (Å²) in [6, 6.07) is 4.70. The third-order valence-electron chi connectivity index (χ3n) is 4.81. The Kier molecular flexibility index (Phi) is 4.46. The number of carbonyl (C=O) groups excluding carboxylic acids is 1. The minimum absolute atomic E-state index is 0.234. The van der Waals surface area contributed by atoms with E-state index in [4.69, 9.17) is 0 Å².